The number of sulfonamides is 1. The third kappa shape index (κ3) is 3.89. The van der Waals surface area contributed by atoms with Crippen LogP contribution in [0.15, 0.2) is 89.4 Å². The molecule has 134 valence electrons. The number of hydrogen-bond donors (Lipinski definition) is 1. The quantitative estimate of drug-likeness (QED) is 0.535. The Morgan fingerprint density at radius 1 is 0.815 bits per heavy atom. The maximum absolute atomic E-state index is 12.6. The Bertz CT molecular complexity index is 1140. The van der Waals surface area contributed by atoms with Gasteiger partial charge < -0.3 is 0 Å². The Hall–Kier alpha value is -3.03. The summed E-state index contributed by atoms with van der Waals surface area (Å²) in [6.45, 7) is 0. The second kappa shape index (κ2) is 7.30. The summed E-state index contributed by atoms with van der Waals surface area (Å²) in [4.78, 5) is 8.59. The number of rotatable bonds is 5. The van der Waals surface area contributed by atoms with Gasteiger partial charge in [0.05, 0.1) is 10.6 Å². The number of benzene rings is 2. The SMILES string of the molecule is O=S(=O)(Nc1nc(-c2cccnc2)cs1)c1ccc(-c2ccccc2)cc1. The molecule has 4 aromatic rings. The highest BCUT2D eigenvalue weighted by atomic mass is 32.2. The fourth-order valence-electron chi connectivity index (χ4n) is 2.60. The summed E-state index contributed by atoms with van der Waals surface area (Å²) in [5.41, 5.74) is 3.52. The van der Waals surface area contributed by atoms with E-state index in [1.54, 1.807) is 42.0 Å². The van der Waals surface area contributed by atoms with Gasteiger partial charge in [-0.25, -0.2) is 13.4 Å². The van der Waals surface area contributed by atoms with E-state index in [0.29, 0.717) is 10.8 Å². The first-order chi connectivity index (χ1) is 13.1. The molecule has 0 aliphatic rings. The van der Waals surface area contributed by atoms with Crippen LogP contribution in [0.4, 0.5) is 5.13 Å². The molecule has 0 radical (unpaired) electrons. The van der Waals surface area contributed by atoms with Crippen LogP contribution < -0.4 is 4.72 Å². The monoisotopic (exact) mass is 393 g/mol. The van der Waals surface area contributed by atoms with E-state index >= 15 is 0 Å². The number of hydrogen-bond acceptors (Lipinski definition) is 5. The standard InChI is InChI=1S/C20H15N3O2S2/c24-27(25,18-10-8-16(9-11-18)15-5-2-1-3-6-15)23-20-22-19(14-26-20)17-7-4-12-21-13-17/h1-14H,(H,22,23). The zero-order valence-corrected chi connectivity index (χ0v) is 15.7. The maximum Gasteiger partial charge on any atom is 0.263 e. The summed E-state index contributed by atoms with van der Waals surface area (Å²) >= 11 is 1.24. The van der Waals surface area contributed by atoms with E-state index in [9.17, 15) is 8.42 Å². The van der Waals surface area contributed by atoms with Crippen LogP contribution in [0.5, 0.6) is 0 Å². The molecule has 2 aromatic carbocycles. The van der Waals surface area contributed by atoms with Crippen molar-refractivity contribution in [3.63, 3.8) is 0 Å². The molecular weight excluding hydrogens is 378 g/mol. The Balaban J connectivity index is 1.55. The van der Waals surface area contributed by atoms with E-state index in [4.69, 9.17) is 0 Å². The molecule has 0 fully saturated rings. The summed E-state index contributed by atoms with van der Waals surface area (Å²) in [5, 5.41) is 2.12. The van der Waals surface area contributed by atoms with Gasteiger partial charge in [0, 0.05) is 23.3 Å². The molecule has 0 unspecified atom stereocenters. The molecule has 5 nitrogen and oxygen atoms in total. The van der Waals surface area contributed by atoms with E-state index in [1.165, 1.54) is 11.3 Å². The predicted octanol–water partition coefficient (Wildman–Crippen LogP) is 4.67. The molecule has 0 atom stereocenters. The van der Waals surface area contributed by atoms with Crippen molar-refractivity contribution < 1.29 is 8.42 Å². The van der Waals surface area contributed by atoms with Crippen molar-refractivity contribution in [2.24, 2.45) is 0 Å². The summed E-state index contributed by atoms with van der Waals surface area (Å²) < 4.78 is 27.8. The molecule has 0 spiro atoms. The molecular formula is C20H15N3O2S2. The molecule has 1 N–H and O–H groups in total. The molecule has 7 heteroatoms. The van der Waals surface area contributed by atoms with Crippen molar-refractivity contribution in [2.45, 2.75) is 4.90 Å². The van der Waals surface area contributed by atoms with Gasteiger partial charge in [-0.3, -0.25) is 9.71 Å². The van der Waals surface area contributed by atoms with Crippen LogP contribution in [-0.2, 0) is 10.0 Å². The highest BCUT2D eigenvalue weighted by Crippen LogP contribution is 2.27. The van der Waals surface area contributed by atoms with Crippen molar-refractivity contribution >= 4 is 26.5 Å². The lowest BCUT2D eigenvalue weighted by Crippen LogP contribution is -2.12. The zero-order chi connectivity index (χ0) is 18.7. The van der Waals surface area contributed by atoms with Gasteiger partial charge in [0.15, 0.2) is 5.13 Å². The van der Waals surface area contributed by atoms with E-state index in [-0.39, 0.29) is 4.90 Å². The average molecular weight is 393 g/mol. The molecule has 0 aliphatic heterocycles. The zero-order valence-electron chi connectivity index (χ0n) is 14.1. The number of thiazole rings is 1. The first-order valence-corrected chi connectivity index (χ1v) is 10.5. The van der Waals surface area contributed by atoms with Crippen molar-refractivity contribution in [1.29, 1.82) is 0 Å². The van der Waals surface area contributed by atoms with E-state index in [0.717, 1.165) is 16.7 Å². The lowest BCUT2D eigenvalue weighted by Gasteiger charge is -2.07. The second-order valence-electron chi connectivity index (χ2n) is 5.78. The molecule has 0 saturated heterocycles. The summed E-state index contributed by atoms with van der Waals surface area (Å²) in [5.74, 6) is 0. The van der Waals surface area contributed by atoms with E-state index < -0.39 is 10.0 Å². The van der Waals surface area contributed by atoms with Gasteiger partial charge in [0.1, 0.15) is 0 Å². The third-order valence-corrected chi connectivity index (χ3v) is 6.20. The lowest BCUT2D eigenvalue weighted by molar-refractivity contribution is 0.601. The van der Waals surface area contributed by atoms with Crippen LogP contribution in [0.2, 0.25) is 0 Å². The third-order valence-electron chi connectivity index (χ3n) is 3.95. The minimum absolute atomic E-state index is 0.195. The Labute approximate surface area is 161 Å². The fourth-order valence-corrected chi connectivity index (χ4v) is 4.57. The highest BCUT2D eigenvalue weighted by Gasteiger charge is 2.16. The van der Waals surface area contributed by atoms with Crippen molar-refractivity contribution in [3.8, 4) is 22.4 Å². The summed E-state index contributed by atoms with van der Waals surface area (Å²) in [6, 6.07) is 20.3. The molecule has 0 amide bonds. The molecule has 0 bridgehead atoms. The highest BCUT2D eigenvalue weighted by molar-refractivity contribution is 7.93. The Kier molecular flexibility index (Phi) is 4.70. The normalized spacial score (nSPS) is 11.3. The number of anilines is 1. The Morgan fingerprint density at radius 2 is 1.52 bits per heavy atom. The van der Waals surface area contributed by atoms with Crippen LogP contribution in [0.3, 0.4) is 0 Å². The van der Waals surface area contributed by atoms with Gasteiger partial charge in [-0.15, -0.1) is 11.3 Å². The molecule has 4 rings (SSSR count). The van der Waals surface area contributed by atoms with Crippen LogP contribution in [0, 0.1) is 0 Å². The van der Waals surface area contributed by atoms with Crippen LogP contribution >= 0.6 is 11.3 Å². The van der Waals surface area contributed by atoms with Crippen LogP contribution in [0.25, 0.3) is 22.4 Å². The van der Waals surface area contributed by atoms with Gasteiger partial charge in [-0.1, -0.05) is 42.5 Å². The largest absolute Gasteiger partial charge is 0.264 e. The molecule has 2 aromatic heterocycles. The minimum Gasteiger partial charge on any atom is -0.264 e. The molecule has 0 aliphatic carbocycles. The smallest absolute Gasteiger partial charge is 0.263 e. The average Bonchev–Trinajstić information content (AvgIpc) is 3.17. The number of aromatic nitrogens is 2. The Morgan fingerprint density at radius 3 is 2.22 bits per heavy atom. The first kappa shape index (κ1) is 17.4. The maximum atomic E-state index is 12.6. The number of nitrogens with one attached hydrogen (secondary N) is 1. The van der Waals surface area contributed by atoms with E-state index in [1.807, 2.05) is 42.5 Å². The van der Waals surface area contributed by atoms with Crippen molar-refractivity contribution in [2.75, 3.05) is 4.72 Å². The topological polar surface area (TPSA) is 72.0 Å². The van der Waals surface area contributed by atoms with Gasteiger partial charge in [-0.05, 0) is 35.4 Å². The minimum atomic E-state index is -3.70. The van der Waals surface area contributed by atoms with Crippen molar-refractivity contribution in [3.05, 3.63) is 84.5 Å². The predicted molar refractivity (Wildman–Crippen MR) is 108 cm³/mol. The molecule has 2 heterocycles. The second-order valence-corrected chi connectivity index (χ2v) is 8.32. The van der Waals surface area contributed by atoms with Gasteiger partial charge in [-0.2, -0.15) is 0 Å². The van der Waals surface area contributed by atoms with Crippen molar-refractivity contribution in [1.82, 2.24) is 9.97 Å². The number of pyridine rings is 1. The summed E-state index contributed by atoms with van der Waals surface area (Å²) in [7, 11) is -3.70. The lowest BCUT2D eigenvalue weighted by atomic mass is 10.1. The van der Waals surface area contributed by atoms with Gasteiger partial charge in [0.25, 0.3) is 10.0 Å². The van der Waals surface area contributed by atoms with Gasteiger partial charge >= 0.3 is 0 Å². The summed E-state index contributed by atoms with van der Waals surface area (Å²) in [6.07, 6.45) is 3.37. The van der Waals surface area contributed by atoms with E-state index in [2.05, 4.69) is 14.7 Å². The molecule has 0 saturated carbocycles. The van der Waals surface area contributed by atoms with Crippen LogP contribution in [0.1, 0.15) is 0 Å². The van der Waals surface area contributed by atoms with Gasteiger partial charge in [0.2, 0.25) is 0 Å². The van der Waals surface area contributed by atoms with Crippen LogP contribution in [-0.4, -0.2) is 18.4 Å². The first-order valence-electron chi connectivity index (χ1n) is 8.16. The fraction of sp³-hybridized carbons (Fsp3) is 0. The number of nitrogens with zero attached hydrogens (tertiary/aromatic N) is 2. The molecule has 27 heavy (non-hydrogen) atoms.